The molecule has 0 saturated heterocycles. The fourth-order valence-corrected chi connectivity index (χ4v) is 3.76. The molecule has 0 aliphatic carbocycles. The molecule has 25 heavy (non-hydrogen) atoms. The Morgan fingerprint density at radius 3 is 2.60 bits per heavy atom. The molecule has 0 bridgehead atoms. The van der Waals surface area contributed by atoms with Crippen molar-refractivity contribution in [2.75, 3.05) is 11.9 Å². The zero-order valence-electron chi connectivity index (χ0n) is 15.1. The molecule has 0 aliphatic heterocycles. The summed E-state index contributed by atoms with van der Waals surface area (Å²) in [7, 11) is 0. The maximum absolute atomic E-state index is 5.80. The molecule has 3 aromatic rings. The number of unbranched alkanes of at least 4 members (excludes halogenated alkanes) is 3. The maximum atomic E-state index is 5.80. The van der Waals surface area contributed by atoms with E-state index < -0.39 is 0 Å². The van der Waals surface area contributed by atoms with Crippen LogP contribution in [0, 0.1) is 13.8 Å². The van der Waals surface area contributed by atoms with Gasteiger partial charge in [0.05, 0.1) is 12.0 Å². The van der Waals surface area contributed by atoms with Gasteiger partial charge in [0, 0.05) is 10.6 Å². The third kappa shape index (κ3) is 4.28. The summed E-state index contributed by atoms with van der Waals surface area (Å²) in [6.45, 7) is 7.25. The van der Waals surface area contributed by atoms with Crippen molar-refractivity contribution in [2.45, 2.75) is 46.5 Å². The SMILES string of the molecule is CCCCCCOc1ccc(Nc2ncnc3sc(C)c(C)c23)cc1. The molecule has 0 atom stereocenters. The van der Waals surface area contributed by atoms with Crippen molar-refractivity contribution in [3.05, 3.63) is 41.0 Å². The van der Waals surface area contributed by atoms with E-state index >= 15 is 0 Å². The van der Waals surface area contributed by atoms with Crippen LogP contribution in [0.1, 0.15) is 43.0 Å². The highest BCUT2D eigenvalue weighted by Gasteiger charge is 2.12. The van der Waals surface area contributed by atoms with E-state index in [-0.39, 0.29) is 0 Å². The summed E-state index contributed by atoms with van der Waals surface area (Å²) >= 11 is 1.71. The van der Waals surface area contributed by atoms with Gasteiger partial charge in [-0.15, -0.1) is 11.3 Å². The summed E-state index contributed by atoms with van der Waals surface area (Å²) < 4.78 is 5.80. The number of hydrogen-bond acceptors (Lipinski definition) is 5. The molecular formula is C20H25N3OS. The predicted molar refractivity (Wildman–Crippen MR) is 106 cm³/mol. The van der Waals surface area contributed by atoms with Gasteiger partial charge in [-0.1, -0.05) is 26.2 Å². The maximum Gasteiger partial charge on any atom is 0.142 e. The van der Waals surface area contributed by atoms with Gasteiger partial charge in [-0.2, -0.15) is 0 Å². The van der Waals surface area contributed by atoms with Crippen molar-refractivity contribution in [2.24, 2.45) is 0 Å². The minimum Gasteiger partial charge on any atom is -0.494 e. The van der Waals surface area contributed by atoms with Gasteiger partial charge >= 0.3 is 0 Å². The van der Waals surface area contributed by atoms with E-state index in [4.69, 9.17) is 4.74 Å². The second-order valence-electron chi connectivity index (χ2n) is 6.24. The van der Waals surface area contributed by atoms with E-state index in [1.165, 1.54) is 29.7 Å². The highest BCUT2D eigenvalue weighted by Crippen LogP contribution is 2.33. The molecular weight excluding hydrogens is 330 g/mol. The first-order valence-corrected chi connectivity index (χ1v) is 9.71. The van der Waals surface area contributed by atoms with Crippen molar-refractivity contribution in [1.82, 2.24) is 9.97 Å². The van der Waals surface area contributed by atoms with Crippen molar-refractivity contribution in [3.8, 4) is 5.75 Å². The molecule has 0 spiro atoms. The van der Waals surface area contributed by atoms with Crippen molar-refractivity contribution >= 4 is 33.1 Å². The van der Waals surface area contributed by atoms with Gasteiger partial charge in [-0.3, -0.25) is 0 Å². The molecule has 2 aromatic heterocycles. The number of ether oxygens (including phenoxy) is 1. The second-order valence-corrected chi connectivity index (χ2v) is 7.45. The summed E-state index contributed by atoms with van der Waals surface area (Å²) in [5.41, 5.74) is 2.25. The normalized spacial score (nSPS) is 11.0. The zero-order valence-corrected chi connectivity index (χ0v) is 15.9. The summed E-state index contributed by atoms with van der Waals surface area (Å²) in [4.78, 5) is 11.1. The number of nitrogens with zero attached hydrogens (tertiary/aromatic N) is 2. The number of hydrogen-bond donors (Lipinski definition) is 1. The molecule has 3 rings (SSSR count). The molecule has 0 radical (unpaired) electrons. The Kier molecular flexibility index (Phi) is 5.87. The van der Waals surface area contributed by atoms with Crippen molar-refractivity contribution in [3.63, 3.8) is 0 Å². The number of fused-ring (bicyclic) bond motifs is 1. The van der Waals surface area contributed by atoms with Crippen LogP contribution in [0.4, 0.5) is 11.5 Å². The first kappa shape index (κ1) is 17.7. The Hall–Kier alpha value is -2.14. The first-order chi connectivity index (χ1) is 12.2. The van der Waals surface area contributed by atoms with Crippen LogP contribution in [-0.4, -0.2) is 16.6 Å². The largest absolute Gasteiger partial charge is 0.494 e. The van der Waals surface area contributed by atoms with E-state index in [2.05, 4.69) is 36.1 Å². The van der Waals surface area contributed by atoms with Crippen LogP contribution in [0.15, 0.2) is 30.6 Å². The standard InChI is InChI=1S/C20H25N3OS/c1-4-5-6-7-12-24-17-10-8-16(9-11-17)23-19-18-14(2)15(3)25-20(18)22-13-21-19/h8-11,13H,4-7,12H2,1-3H3,(H,21,22,23). The van der Waals surface area contributed by atoms with Gasteiger partial charge < -0.3 is 10.1 Å². The lowest BCUT2D eigenvalue weighted by Gasteiger charge is -2.09. The molecule has 132 valence electrons. The fraction of sp³-hybridized carbons (Fsp3) is 0.400. The Bertz CT molecular complexity index is 827. The quantitative estimate of drug-likeness (QED) is 0.503. The Labute approximate surface area is 153 Å². The first-order valence-electron chi connectivity index (χ1n) is 8.89. The van der Waals surface area contributed by atoms with Crippen LogP contribution in [0.5, 0.6) is 5.75 Å². The monoisotopic (exact) mass is 355 g/mol. The summed E-state index contributed by atoms with van der Waals surface area (Å²) in [6, 6.07) is 8.08. The Balaban J connectivity index is 1.66. The lowest BCUT2D eigenvalue weighted by Crippen LogP contribution is -1.98. The summed E-state index contributed by atoms with van der Waals surface area (Å²) in [5.74, 6) is 1.78. The minimum absolute atomic E-state index is 0.784. The van der Waals surface area contributed by atoms with E-state index in [0.717, 1.165) is 40.5 Å². The molecule has 0 aliphatic rings. The molecule has 0 fully saturated rings. The molecule has 2 heterocycles. The van der Waals surface area contributed by atoms with Gasteiger partial charge in [0.25, 0.3) is 0 Å². The number of thiophene rings is 1. The number of aryl methyl sites for hydroxylation is 2. The van der Waals surface area contributed by atoms with E-state index in [9.17, 15) is 0 Å². The van der Waals surface area contributed by atoms with Crippen LogP contribution in [0.25, 0.3) is 10.2 Å². The zero-order chi connectivity index (χ0) is 17.6. The third-order valence-corrected chi connectivity index (χ3v) is 5.46. The smallest absolute Gasteiger partial charge is 0.142 e. The van der Waals surface area contributed by atoms with E-state index in [1.807, 2.05) is 24.3 Å². The molecule has 4 nitrogen and oxygen atoms in total. The van der Waals surface area contributed by atoms with E-state index in [0.29, 0.717) is 0 Å². The predicted octanol–water partition coefficient (Wildman–Crippen LogP) is 6.01. The van der Waals surface area contributed by atoms with Gasteiger partial charge in [0.1, 0.15) is 22.7 Å². The van der Waals surface area contributed by atoms with Crippen LogP contribution >= 0.6 is 11.3 Å². The topological polar surface area (TPSA) is 47.0 Å². The average Bonchev–Trinajstić information content (AvgIpc) is 2.91. The number of anilines is 2. The number of benzene rings is 1. The third-order valence-electron chi connectivity index (χ3n) is 4.35. The number of aromatic nitrogens is 2. The van der Waals surface area contributed by atoms with Crippen molar-refractivity contribution in [1.29, 1.82) is 0 Å². The van der Waals surface area contributed by atoms with Crippen LogP contribution in [0.3, 0.4) is 0 Å². The molecule has 1 N–H and O–H groups in total. The molecule has 1 aromatic carbocycles. The van der Waals surface area contributed by atoms with Gasteiger partial charge in [-0.25, -0.2) is 9.97 Å². The average molecular weight is 356 g/mol. The molecule has 0 saturated carbocycles. The fourth-order valence-electron chi connectivity index (χ4n) is 2.77. The molecule has 0 unspecified atom stereocenters. The Morgan fingerprint density at radius 1 is 1.04 bits per heavy atom. The highest BCUT2D eigenvalue weighted by atomic mass is 32.1. The second kappa shape index (κ2) is 8.30. The van der Waals surface area contributed by atoms with Crippen LogP contribution < -0.4 is 10.1 Å². The van der Waals surface area contributed by atoms with Crippen molar-refractivity contribution < 1.29 is 4.74 Å². The summed E-state index contributed by atoms with van der Waals surface area (Å²) in [6.07, 6.45) is 6.50. The van der Waals surface area contributed by atoms with Gasteiger partial charge in [0.15, 0.2) is 0 Å². The van der Waals surface area contributed by atoms with Crippen LogP contribution in [-0.2, 0) is 0 Å². The lowest BCUT2D eigenvalue weighted by molar-refractivity contribution is 0.305. The Morgan fingerprint density at radius 2 is 1.84 bits per heavy atom. The van der Waals surface area contributed by atoms with Crippen LogP contribution in [0.2, 0.25) is 0 Å². The minimum atomic E-state index is 0.784. The lowest BCUT2D eigenvalue weighted by atomic mass is 10.2. The van der Waals surface area contributed by atoms with Gasteiger partial charge in [0.2, 0.25) is 0 Å². The summed E-state index contributed by atoms with van der Waals surface area (Å²) in [5, 5.41) is 4.52. The number of rotatable bonds is 8. The van der Waals surface area contributed by atoms with Gasteiger partial charge in [-0.05, 0) is 50.1 Å². The molecule has 0 amide bonds. The molecule has 5 heteroatoms. The number of nitrogens with one attached hydrogen (secondary N) is 1. The van der Waals surface area contributed by atoms with E-state index in [1.54, 1.807) is 17.7 Å². The highest BCUT2D eigenvalue weighted by molar-refractivity contribution is 7.18.